The summed E-state index contributed by atoms with van der Waals surface area (Å²) in [5.41, 5.74) is 0. The minimum Gasteiger partial charge on any atom is -0.467 e. The van der Waals surface area contributed by atoms with Gasteiger partial charge in [0, 0.05) is 36.3 Å². The molecule has 0 spiro atoms. The van der Waals surface area contributed by atoms with Crippen LogP contribution in [-0.4, -0.2) is 46.8 Å². The number of carbonyl (C=O) groups is 2. The summed E-state index contributed by atoms with van der Waals surface area (Å²) in [7, 11) is 5.83. The van der Waals surface area contributed by atoms with Crippen LogP contribution in [0.25, 0.3) is 0 Å². The summed E-state index contributed by atoms with van der Waals surface area (Å²) in [5.74, 6) is 0.528. The molecule has 6 nitrogen and oxygen atoms in total. The van der Waals surface area contributed by atoms with Gasteiger partial charge < -0.3 is 18.6 Å². The Balaban J connectivity index is 1.89. The molecule has 0 saturated heterocycles. The van der Waals surface area contributed by atoms with Gasteiger partial charge in [0.15, 0.2) is 0 Å². The van der Waals surface area contributed by atoms with Crippen molar-refractivity contribution < 1.29 is 19.1 Å². The monoisotopic (exact) mass is 368 g/mol. The van der Waals surface area contributed by atoms with E-state index in [1.807, 2.05) is 58.2 Å². The molecule has 0 fully saturated rings. The third-order valence-electron chi connectivity index (χ3n) is 3.46. The first kappa shape index (κ1) is 18.5. The molecular formula is C16H20N2O4S2. The SMILES string of the molecule is COC(=O)[C@H](CSSC[C@@H](C(=O)OC)n1cccc1)n1cccc1. The van der Waals surface area contributed by atoms with E-state index in [9.17, 15) is 9.59 Å². The highest BCUT2D eigenvalue weighted by atomic mass is 33.1. The molecule has 2 aromatic rings. The van der Waals surface area contributed by atoms with Crippen LogP contribution in [-0.2, 0) is 19.1 Å². The van der Waals surface area contributed by atoms with Crippen LogP contribution < -0.4 is 0 Å². The number of hydrogen-bond acceptors (Lipinski definition) is 6. The topological polar surface area (TPSA) is 62.5 Å². The van der Waals surface area contributed by atoms with Crippen molar-refractivity contribution in [1.29, 1.82) is 0 Å². The van der Waals surface area contributed by atoms with E-state index in [1.54, 1.807) is 0 Å². The standard InChI is InChI=1S/C16H20N2O4S2/c1-21-15(19)13(17-7-3-4-8-17)11-23-24-12-14(16(20)22-2)18-9-5-6-10-18/h3-10,13-14H,11-12H2,1-2H3/t13-,14-/m0/s1. The number of esters is 2. The summed E-state index contributed by atoms with van der Waals surface area (Å²) in [5, 5.41) is 0. The third kappa shape index (κ3) is 4.85. The fourth-order valence-corrected chi connectivity index (χ4v) is 4.58. The van der Waals surface area contributed by atoms with Crippen LogP contribution in [0.15, 0.2) is 49.1 Å². The maximum atomic E-state index is 11.9. The highest BCUT2D eigenvalue weighted by Gasteiger charge is 2.23. The number of carbonyl (C=O) groups excluding carboxylic acids is 2. The van der Waals surface area contributed by atoms with Crippen LogP contribution in [0.3, 0.4) is 0 Å². The van der Waals surface area contributed by atoms with Gasteiger partial charge in [-0.1, -0.05) is 21.6 Å². The van der Waals surface area contributed by atoms with E-state index in [1.165, 1.54) is 35.8 Å². The Morgan fingerprint density at radius 3 is 1.42 bits per heavy atom. The molecule has 0 aliphatic rings. The number of rotatable bonds is 9. The maximum Gasteiger partial charge on any atom is 0.329 e. The summed E-state index contributed by atoms with van der Waals surface area (Å²) in [4.78, 5) is 23.9. The quantitative estimate of drug-likeness (QED) is 0.385. The van der Waals surface area contributed by atoms with Gasteiger partial charge in [0.1, 0.15) is 12.1 Å². The van der Waals surface area contributed by atoms with Gasteiger partial charge in [-0.25, -0.2) is 9.59 Å². The first-order chi connectivity index (χ1) is 11.7. The predicted molar refractivity (Wildman–Crippen MR) is 95.9 cm³/mol. The van der Waals surface area contributed by atoms with Crippen LogP contribution in [0.5, 0.6) is 0 Å². The lowest BCUT2D eigenvalue weighted by atomic mass is 10.3. The average Bonchev–Trinajstić information content (AvgIpc) is 3.30. The van der Waals surface area contributed by atoms with Crippen molar-refractivity contribution in [1.82, 2.24) is 9.13 Å². The fraction of sp³-hybridized carbons (Fsp3) is 0.375. The van der Waals surface area contributed by atoms with E-state index in [2.05, 4.69) is 0 Å². The molecule has 0 saturated carbocycles. The molecular weight excluding hydrogens is 348 g/mol. The molecule has 2 atom stereocenters. The van der Waals surface area contributed by atoms with E-state index >= 15 is 0 Å². The third-order valence-corrected chi connectivity index (χ3v) is 5.84. The Kier molecular flexibility index (Phi) is 7.33. The van der Waals surface area contributed by atoms with Crippen molar-refractivity contribution in [3.05, 3.63) is 49.1 Å². The molecule has 0 radical (unpaired) electrons. The number of aromatic nitrogens is 2. The first-order valence-corrected chi connectivity index (χ1v) is 9.81. The second kappa shape index (κ2) is 9.48. The molecule has 2 heterocycles. The van der Waals surface area contributed by atoms with Crippen molar-refractivity contribution >= 4 is 33.5 Å². The summed E-state index contributed by atoms with van der Waals surface area (Å²) in [6, 6.07) is 6.71. The van der Waals surface area contributed by atoms with Gasteiger partial charge in [-0.05, 0) is 24.3 Å². The second-order valence-corrected chi connectivity index (χ2v) is 7.46. The molecule has 0 amide bonds. The van der Waals surface area contributed by atoms with E-state index in [4.69, 9.17) is 9.47 Å². The van der Waals surface area contributed by atoms with Gasteiger partial charge in [0.25, 0.3) is 0 Å². The lowest BCUT2D eigenvalue weighted by Crippen LogP contribution is -2.23. The molecule has 8 heteroatoms. The minimum atomic E-state index is -0.384. The molecule has 0 aromatic carbocycles. The van der Waals surface area contributed by atoms with Crippen molar-refractivity contribution in [2.24, 2.45) is 0 Å². The summed E-state index contributed by atoms with van der Waals surface area (Å²) < 4.78 is 13.4. The lowest BCUT2D eigenvalue weighted by Gasteiger charge is -2.18. The number of nitrogens with zero attached hydrogens (tertiary/aromatic N) is 2. The van der Waals surface area contributed by atoms with Gasteiger partial charge in [-0.2, -0.15) is 0 Å². The average molecular weight is 368 g/mol. The zero-order chi connectivity index (χ0) is 17.4. The zero-order valence-corrected chi connectivity index (χ0v) is 15.2. The van der Waals surface area contributed by atoms with Crippen molar-refractivity contribution in [2.45, 2.75) is 12.1 Å². The van der Waals surface area contributed by atoms with Gasteiger partial charge in [-0.3, -0.25) is 0 Å². The zero-order valence-electron chi connectivity index (χ0n) is 13.5. The van der Waals surface area contributed by atoms with Crippen LogP contribution in [0.2, 0.25) is 0 Å². The molecule has 2 rings (SSSR count). The number of hydrogen-bond donors (Lipinski definition) is 0. The lowest BCUT2D eigenvalue weighted by molar-refractivity contribution is -0.144. The Bertz CT molecular complexity index is 572. The molecule has 130 valence electrons. The normalized spacial score (nSPS) is 13.2. The van der Waals surface area contributed by atoms with Gasteiger partial charge in [-0.15, -0.1) is 0 Å². The number of ether oxygens (including phenoxy) is 2. The maximum absolute atomic E-state index is 11.9. The molecule has 2 aromatic heterocycles. The molecule has 0 aliphatic carbocycles. The largest absolute Gasteiger partial charge is 0.467 e. The predicted octanol–water partition coefficient (Wildman–Crippen LogP) is 2.80. The highest BCUT2D eigenvalue weighted by Crippen LogP contribution is 2.30. The van der Waals surface area contributed by atoms with Gasteiger partial charge in [0.05, 0.1) is 14.2 Å². The van der Waals surface area contributed by atoms with Crippen LogP contribution in [0.1, 0.15) is 12.1 Å². The van der Waals surface area contributed by atoms with Crippen LogP contribution >= 0.6 is 21.6 Å². The number of methoxy groups -OCH3 is 2. The summed E-state index contributed by atoms with van der Waals surface area (Å²) in [6.45, 7) is 0. The Hall–Kier alpha value is -1.80. The highest BCUT2D eigenvalue weighted by molar-refractivity contribution is 8.76. The molecule has 0 bridgehead atoms. The van der Waals surface area contributed by atoms with Crippen molar-refractivity contribution in [2.75, 3.05) is 25.7 Å². The van der Waals surface area contributed by atoms with E-state index in [-0.39, 0.29) is 24.0 Å². The van der Waals surface area contributed by atoms with Gasteiger partial charge in [0.2, 0.25) is 0 Å². The molecule has 0 unspecified atom stereocenters. The minimum absolute atomic E-state index is 0.283. The van der Waals surface area contributed by atoms with Crippen LogP contribution in [0, 0.1) is 0 Å². The second-order valence-electron chi connectivity index (χ2n) is 4.91. The van der Waals surface area contributed by atoms with E-state index < -0.39 is 0 Å². The smallest absolute Gasteiger partial charge is 0.329 e. The van der Waals surface area contributed by atoms with Crippen molar-refractivity contribution in [3.63, 3.8) is 0 Å². The molecule has 24 heavy (non-hydrogen) atoms. The Morgan fingerprint density at radius 1 is 0.792 bits per heavy atom. The van der Waals surface area contributed by atoms with Crippen LogP contribution in [0.4, 0.5) is 0 Å². The Labute approximate surface area is 148 Å². The van der Waals surface area contributed by atoms with E-state index in [0.717, 1.165) is 0 Å². The van der Waals surface area contributed by atoms with Gasteiger partial charge >= 0.3 is 11.9 Å². The van der Waals surface area contributed by atoms with E-state index in [0.29, 0.717) is 11.5 Å². The first-order valence-electron chi connectivity index (χ1n) is 7.32. The molecule has 0 aliphatic heterocycles. The summed E-state index contributed by atoms with van der Waals surface area (Å²) >= 11 is 0. The Morgan fingerprint density at radius 2 is 1.12 bits per heavy atom. The molecule has 0 N–H and O–H groups in total. The van der Waals surface area contributed by atoms with Crippen molar-refractivity contribution in [3.8, 4) is 0 Å². The fourth-order valence-electron chi connectivity index (χ4n) is 2.16. The summed E-state index contributed by atoms with van der Waals surface area (Å²) in [6.07, 6.45) is 7.35.